The Labute approximate surface area is 127 Å². The molecule has 1 fully saturated rings. The van der Waals surface area contributed by atoms with E-state index in [4.69, 9.17) is 11.2 Å². The van der Waals surface area contributed by atoms with Crippen molar-refractivity contribution in [3.8, 4) is 12.3 Å². The molecule has 1 heterocycles. The molecule has 5 heteroatoms. The minimum absolute atomic E-state index is 0.0615. The second-order valence-electron chi connectivity index (χ2n) is 5.21. The van der Waals surface area contributed by atoms with Crippen molar-refractivity contribution in [2.45, 2.75) is 51.0 Å². The lowest BCUT2D eigenvalue weighted by molar-refractivity contribution is -0.142. The Balaban J connectivity index is 2.42. The Hall–Kier alpha value is -1.54. The topological polar surface area (TPSA) is 55.8 Å². The summed E-state index contributed by atoms with van der Waals surface area (Å²) in [6.07, 6.45) is 10.3. The lowest BCUT2D eigenvalue weighted by atomic mass is 10.1. The number of amides is 1. The molecule has 118 valence electrons. The van der Waals surface area contributed by atoms with Gasteiger partial charge in [-0.2, -0.15) is 0 Å². The first kappa shape index (κ1) is 17.5. The maximum Gasteiger partial charge on any atom is 0.307 e. The molecule has 1 aliphatic heterocycles. The summed E-state index contributed by atoms with van der Waals surface area (Å²) in [6, 6.07) is 0. The number of terminal acetylenes is 1. The molecule has 1 saturated heterocycles. The third kappa shape index (κ3) is 7.14. The molecule has 1 unspecified atom stereocenters. The fraction of sp³-hybridized carbons (Fsp3) is 0.750. The summed E-state index contributed by atoms with van der Waals surface area (Å²) in [5, 5.41) is 0. The van der Waals surface area contributed by atoms with Crippen molar-refractivity contribution in [3.05, 3.63) is 0 Å². The zero-order chi connectivity index (χ0) is 15.5. The molecule has 1 aliphatic rings. The van der Waals surface area contributed by atoms with Gasteiger partial charge in [0.1, 0.15) is 0 Å². The number of hydrogen-bond acceptors (Lipinski definition) is 4. The molecule has 0 radical (unpaired) electrons. The highest BCUT2D eigenvalue weighted by molar-refractivity contribution is 5.77. The van der Waals surface area contributed by atoms with E-state index in [-0.39, 0.29) is 24.4 Å². The molecule has 0 aromatic heterocycles. The molecule has 5 nitrogen and oxygen atoms in total. The third-order valence-electron chi connectivity index (χ3n) is 3.58. The molecule has 0 N–H and O–H groups in total. The number of hydrogen-bond donors (Lipinski definition) is 0. The van der Waals surface area contributed by atoms with Crippen molar-refractivity contribution in [1.29, 1.82) is 0 Å². The maximum atomic E-state index is 12.3. The van der Waals surface area contributed by atoms with Crippen molar-refractivity contribution in [3.63, 3.8) is 0 Å². The molecule has 0 bridgehead atoms. The van der Waals surface area contributed by atoms with Gasteiger partial charge >= 0.3 is 5.97 Å². The van der Waals surface area contributed by atoms with E-state index in [0.717, 1.165) is 32.3 Å². The first-order valence-electron chi connectivity index (χ1n) is 7.57. The molecule has 1 atom stereocenters. The number of nitrogens with zero attached hydrogens (tertiary/aromatic N) is 1. The maximum absolute atomic E-state index is 12.3. The number of esters is 1. The average Bonchev–Trinajstić information content (AvgIpc) is 3.00. The van der Waals surface area contributed by atoms with Gasteiger partial charge in [0.15, 0.2) is 0 Å². The lowest BCUT2D eigenvalue weighted by Crippen LogP contribution is -2.38. The molecule has 0 spiro atoms. The Kier molecular flexibility index (Phi) is 8.53. The van der Waals surface area contributed by atoms with Crippen molar-refractivity contribution in [2.24, 2.45) is 0 Å². The standard InChI is InChI=1S/C16H25NO4/c1-3-4-5-6-9-15(18)17(11-10-16(19)20-2)13-14-8-7-12-21-14/h1,14H,4-13H2,2H3. The van der Waals surface area contributed by atoms with E-state index in [2.05, 4.69) is 10.7 Å². The van der Waals surface area contributed by atoms with Crippen LogP contribution in [0.25, 0.3) is 0 Å². The van der Waals surface area contributed by atoms with Gasteiger partial charge in [-0.15, -0.1) is 12.3 Å². The Bertz CT molecular complexity index is 369. The number of ether oxygens (including phenoxy) is 2. The predicted octanol–water partition coefficient (Wildman–Crippen LogP) is 1.75. The van der Waals surface area contributed by atoms with Gasteiger partial charge < -0.3 is 14.4 Å². The summed E-state index contributed by atoms with van der Waals surface area (Å²) in [4.78, 5) is 25.2. The van der Waals surface area contributed by atoms with E-state index >= 15 is 0 Å². The lowest BCUT2D eigenvalue weighted by Gasteiger charge is -2.25. The van der Waals surface area contributed by atoms with Crippen LogP contribution < -0.4 is 0 Å². The summed E-state index contributed by atoms with van der Waals surface area (Å²) in [7, 11) is 1.36. The number of methoxy groups -OCH3 is 1. The molecule has 21 heavy (non-hydrogen) atoms. The van der Waals surface area contributed by atoms with Crippen LogP contribution in [-0.2, 0) is 19.1 Å². The van der Waals surface area contributed by atoms with Gasteiger partial charge in [-0.05, 0) is 25.7 Å². The molecule has 0 aliphatic carbocycles. The van der Waals surface area contributed by atoms with E-state index in [1.165, 1.54) is 7.11 Å². The molecule has 0 aromatic rings. The van der Waals surface area contributed by atoms with Crippen molar-refractivity contribution < 1.29 is 19.1 Å². The number of carbonyl (C=O) groups excluding carboxylic acids is 2. The summed E-state index contributed by atoms with van der Waals surface area (Å²) in [5.74, 6) is 2.33. The molecular weight excluding hydrogens is 270 g/mol. The van der Waals surface area contributed by atoms with Crippen LogP contribution in [0.2, 0.25) is 0 Å². The highest BCUT2D eigenvalue weighted by atomic mass is 16.5. The van der Waals surface area contributed by atoms with Crippen LogP contribution in [0.5, 0.6) is 0 Å². The second kappa shape index (κ2) is 10.2. The first-order chi connectivity index (χ1) is 10.2. The van der Waals surface area contributed by atoms with Crippen LogP contribution >= 0.6 is 0 Å². The highest BCUT2D eigenvalue weighted by Crippen LogP contribution is 2.15. The quantitative estimate of drug-likeness (QED) is 0.369. The fourth-order valence-corrected chi connectivity index (χ4v) is 2.34. The summed E-state index contributed by atoms with van der Waals surface area (Å²) < 4.78 is 10.2. The smallest absolute Gasteiger partial charge is 0.307 e. The van der Waals surface area contributed by atoms with Crippen molar-refractivity contribution in [1.82, 2.24) is 4.90 Å². The van der Waals surface area contributed by atoms with Gasteiger partial charge in [0.05, 0.1) is 19.6 Å². The van der Waals surface area contributed by atoms with Crippen LogP contribution in [0, 0.1) is 12.3 Å². The van der Waals surface area contributed by atoms with Gasteiger partial charge in [-0.25, -0.2) is 0 Å². The molecule has 1 amide bonds. The largest absolute Gasteiger partial charge is 0.469 e. The van der Waals surface area contributed by atoms with E-state index in [9.17, 15) is 9.59 Å². The Morgan fingerprint density at radius 1 is 1.38 bits per heavy atom. The third-order valence-corrected chi connectivity index (χ3v) is 3.58. The fourth-order valence-electron chi connectivity index (χ4n) is 2.34. The molecule has 0 aromatic carbocycles. The zero-order valence-electron chi connectivity index (χ0n) is 12.8. The van der Waals surface area contributed by atoms with E-state index in [1.807, 2.05) is 0 Å². The van der Waals surface area contributed by atoms with Crippen molar-refractivity contribution in [2.75, 3.05) is 26.8 Å². The summed E-state index contributed by atoms with van der Waals surface area (Å²) in [5.41, 5.74) is 0. The average molecular weight is 295 g/mol. The van der Waals surface area contributed by atoms with Gasteiger partial charge in [-0.1, -0.05) is 0 Å². The minimum Gasteiger partial charge on any atom is -0.469 e. The second-order valence-corrected chi connectivity index (χ2v) is 5.21. The van der Waals surface area contributed by atoms with Crippen LogP contribution in [0.4, 0.5) is 0 Å². The Morgan fingerprint density at radius 2 is 2.19 bits per heavy atom. The normalized spacial score (nSPS) is 17.2. The Morgan fingerprint density at radius 3 is 2.81 bits per heavy atom. The minimum atomic E-state index is -0.299. The first-order valence-corrected chi connectivity index (χ1v) is 7.57. The van der Waals surface area contributed by atoms with E-state index < -0.39 is 0 Å². The van der Waals surface area contributed by atoms with E-state index in [1.54, 1.807) is 4.90 Å². The van der Waals surface area contributed by atoms with Crippen LogP contribution in [0.15, 0.2) is 0 Å². The summed E-state index contributed by atoms with van der Waals surface area (Å²) >= 11 is 0. The molecular formula is C16H25NO4. The van der Waals surface area contributed by atoms with Crippen molar-refractivity contribution >= 4 is 11.9 Å². The molecule has 0 saturated carbocycles. The van der Waals surface area contributed by atoms with E-state index in [0.29, 0.717) is 25.9 Å². The van der Waals surface area contributed by atoms with Gasteiger partial charge in [0, 0.05) is 32.5 Å². The van der Waals surface area contributed by atoms with Crippen LogP contribution in [0.1, 0.15) is 44.9 Å². The number of unbranched alkanes of at least 4 members (excludes halogenated alkanes) is 2. The molecule has 1 rings (SSSR count). The SMILES string of the molecule is C#CCCCCC(=O)N(CCC(=O)OC)CC1CCCO1. The summed E-state index contributed by atoms with van der Waals surface area (Å²) in [6.45, 7) is 1.71. The van der Waals surface area contributed by atoms with Crippen LogP contribution in [0.3, 0.4) is 0 Å². The zero-order valence-corrected chi connectivity index (χ0v) is 12.8. The van der Waals surface area contributed by atoms with Gasteiger partial charge in [0.2, 0.25) is 5.91 Å². The monoisotopic (exact) mass is 295 g/mol. The highest BCUT2D eigenvalue weighted by Gasteiger charge is 2.22. The predicted molar refractivity (Wildman–Crippen MR) is 79.5 cm³/mol. The van der Waals surface area contributed by atoms with Gasteiger partial charge in [0.25, 0.3) is 0 Å². The number of rotatable bonds is 9. The van der Waals surface area contributed by atoms with Gasteiger partial charge in [-0.3, -0.25) is 9.59 Å². The van der Waals surface area contributed by atoms with Crippen LogP contribution in [-0.4, -0.2) is 49.7 Å². The number of carbonyl (C=O) groups is 2.